The molecule has 0 N–H and O–H groups in total. The first-order chi connectivity index (χ1) is 5.33. The second kappa shape index (κ2) is 3.61. The van der Waals surface area contributed by atoms with E-state index < -0.39 is 0 Å². The predicted molar refractivity (Wildman–Crippen MR) is 47.2 cm³/mol. The molecule has 0 radical (unpaired) electrons. The summed E-state index contributed by atoms with van der Waals surface area (Å²) in [7, 11) is 1.75. The number of allylic oxidation sites excluding steroid dienone is 3. The van der Waals surface area contributed by atoms with Crippen molar-refractivity contribution in [2.45, 2.75) is 19.8 Å². The van der Waals surface area contributed by atoms with E-state index in [0.717, 1.165) is 12.2 Å². The average Bonchev–Trinajstić information content (AvgIpc) is 2.79. The normalized spacial score (nSPS) is 29.8. The zero-order valence-electron chi connectivity index (χ0n) is 7.34. The number of methoxy groups -OCH3 is 1. The molecule has 1 nitrogen and oxygen atoms in total. The zero-order valence-corrected chi connectivity index (χ0v) is 7.34. The Labute approximate surface area is 68.8 Å². The zero-order chi connectivity index (χ0) is 8.27. The molecule has 1 aliphatic rings. The van der Waals surface area contributed by atoms with Crippen molar-refractivity contribution in [3.63, 3.8) is 0 Å². The molecule has 0 aliphatic heterocycles. The highest BCUT2D eigenvalue weighted by atomic mass is 16.5. The van der Waals surface area contributed by atoms with E-state index in [9.17, 15) is 0 Å². The Morgan fingerprint density at radius 1 is 1.73 bits per heavy atom. The van der Waals surface area contributed by atoms with Crippen LogP contribution in [0.4, 0.5) is 0 Å². The van der Waals surface area contributed by atoms with Gasteiger partial charge in [-0.15, -0.1) is 6.58 Å². The molecule has 0 aromatic heterocycles. The Bertz CT molecular complexity index is 170. The van der Waals surface area contributed by atoms with E-state index in [1.807, 2.05) is 6.08 Å². The van der Waals surface area contributed by atoms with Crippen LogP contribution in [0.3, 0.4) is 0 Å². The maximum atomic E-state index is 5.26. The summed E-state index contributed by atoms with van der Waals surface area (Å²) in [4.78, 5) is 0. The van der Waals surface area contributed by atoms with Crippen molar-refractivity contribution in [3.8, 4) is 0 Å². The SMILES string of the molecule is C=C[C@@H]1C[C@@H]1/C(=C/CC)OC. The molecule has 0 amide bonds. The van der Waals surface area contributed by atoms with Gasteiger partial charge in [-0.3, -0.25) is 0 Å². The van der Waals surface area contributed by atoms with Crippen LogP contribution >= 0.6 is 0 Å². The second-order valence-electron chi connectivity index (χ2n) is 2.96. The van der Waals surface area contributed by atoms with Gasteiger partial charge in [0, 0.05) is 5.92 Å². The molecule has 0 saturated heterocycles. The topological polar surface area (TPSA) is 9.23 Å². The Hall–Kier alpha value is -0.720. The van der Waals surface area contributed by atoms with Crippen LogP contribution in [0.25, 0.3) is 0 Å². The lowest BCUT2D eigenvalue weighted by atomic mass is 10.2. The molecule has 0 aromatic rings. The lowest BCUT2D eigenvalue weighted by Crippen LogP contribution is -1.90. The molecule has 0 unspecified atom stereocenters. The molecule has 62 valence electrons. The molecule has 2 atom stereocenters. The highest BCUT2D eigenvalue weighted by molar-refractivity contribution is 5.14. The number of ether oxygens (including phenoxy) is 1. The molecule has 0 heterocycles. The number of hydrogen-bond donors (Lipinski definition) is 0. The first kappa shape index (κ1) is 8.38. The van der Waals surface area contributed by atoms with E-state index >= 15 is 0 Å². The van der Waals surface area contributed by atoms with Gasteiger partial charge in [-0.25, -0.2) is 0 Å². The van der Waals surface area contributed by atoms with E-state index in [2.05, 4.69) is 19.6 Å². The molecule has 0 aromatic carbocycles. The van der Waals surface area contributed by atoms with Gasteiger partial charge >= 0.3 is 0 Å². The van der Waals surface area contributed by atoms with Gasteiger partial charge in [-0.2, -0.15) is 0 Å². The molecular weight excluding hydrogens is 136 g/mol. The molecule has 1 saturated carbocycles. The van der Waals surface area contributed by atoms with Crippen LogP contribution in [0, 0.1) is 11.8 Å². The van der Waals surface area contributed by atoms with Gasteiger partial charge in [0.15, 0.2) is 0 Å². The van der Waals surface area contributed by atoms with Crippen molar-refractivity contribution >= 4 is 0 Å². The summed E-state index contributed by atoms with van der Waals surface area (Å²) in [5.41, 5.74) is 0. The van der Waals surface area contributed by atoms with Gasteiger partial charge in [0.25, 0.3) is 0 Å². The third kappa shape index (κ3) is 1.86. The van der Waals surface area contributed by atoms with Crippen molar-refractivity contribution in [2.75, 3.05) is 7.11 Å². The minimum Gasteiger partial charge on any atom is -0.501 e. The molecule has 0 spiro atoms. The fourth-order valence-electron chi connectivity index (χ4n) is 1.39. The fourth-order valence-corrected chi connectivity index (χ4v) is 1.39. The molecule has 11 heavy (non-hydrogen) atoms. The second-order valence-corrected chi connectivity index (χ2v) is 2.96. The van der Waals surface area contributed by atoms with Gasteiger partial charge in [-0.05, 0) is 24.8 Å². The molecule has 1 rings (SSSR count). The lowest BCUT2D eigenvalue weighted by molar-refractivity contribution is 0.266. The van der Waals surface area contributed by atoms with Gasteiger partial charge in [0.2, 0.25) is 0 Å². The highest BCUT2D eigenvalue weighted by Crippen LogP contribution is 2.45. The average molecular weight is 152 g/mol. The summed E-state index contributed by atoms with van der Waals surface area (Å²) >= 11 is 0. The monoisotopic (exact) mass is 152 g/mol. The minimum atomic E-state index is 0.637. The van der Waals surface area contributed by atoms with Crippen LogP contribution in [0.5, 0.6) is 0 Å². The van der Waals surface area contributed by atoms with E-state index in [0.29, 0.717) is 11.8 Å². The van der Waals surface area contributed by atoms with Crippen LogP contribution in [-0.4, -0.2) is 7.11 Å². The molecule has 0 bridgehead atoms. The van der Waals surface area contributed by atoms with Crippen LogP contribution in [0.1, 0.15) is 19.8 Å². The van der Waals surface area contributed by atoms with E-state index in [-0.39, 0.29) is 0 Å². The Balaban J connectivity index is 2.45. The van der Waals surface area contributed by atoms with E-state index in [1.54, 1.807) is 7.11 Å². The van der Waals surface area contributed by atoms with Crippen LogP contribution < -0.4 is 0 Å². The summed E-state index contributed by atoms with van der Waals surface area (Å²) in [5, 5.41) is 0. The van der Waals surface area contributed by atoms with E-state index in [4.69, 9.17) is 4.74 Å². The quantitative estimate of drug-likeness (QED) is 0.444. The summed E-state index contributed by atoms with van der Waals surface area (Å²) in [6, 6.07) is 0. The summed E-state index contributed by atoms with van der Waals surface area (Å²) in [6.07, 6.45) is 6.47. The third-order valence-corrected chi connectivity index (χ3v) is 2.15. The largest absolute Gasteiger partial charge is 0.501 e. The van der Waals surface area contributed by atoms with Crippen molar-refractivity contribution in [3.05, 3.63) is 24.5 Å². The first-order valence-electron chi connectivity index (χ1n) is 4.20. The summed E-state index contributed by atoms with van der Waals surface area (Å²) in [6.45, 7) is 5.90. The predicted octanol–water partition coefficient (Wildman–Crippen LogP) is 2.75. The Morgan fingerprint density at radius 3 is 2.82 bits per heavy atom. The van der Waals surface area contributed by atoms with Crippen LogP contribution in [0.2, 0.25) is 0 Å². The first-order valence-corrected chi connectivity index (χ1v) is 4.20. The van der Waals surface area contributed by atoms with Gasteiger partial charge < -0.3 is 4.74 Å². The van der Waals surface area contributed by atoms with Crippen LogP contribution in [-0.2, 0) is 4.74 Å². The summed E-state index contributed by atoms with van der Waals surface area (Å²) < 4.78 is 5.26. The van der Waals surface area contributed by atoms with E-state index in [1.165, 1.54) is 6.42 Å². The van der Waals surface area contributed by atoms with Crippen LogP contribution in [0.15, 0.2) is 24.5 Å². The Kier molecular flexibility index (Phi) is 2.75. The standard InChI is InChI=1S/C10H16O/c1-4-6-10(11-3)9-7-8(9)5-2/h5-6,8-9H,2,4,7H2,1,3H3/b10-6-/t8-,9+/m1/s1. The minimum absolute atomic E-state index is 0.637. The van der Waals surface area contributed by atoms with Gasteiger partial charge in [0.05, 0.1) is 12.9 Å². The smallest absolute Gasteiger partial charge is 0.0952 e. The van der Waals surface area contributed by atoms with Gasteiger partial charge in [-0.1, -0.05) is 13.0 Å². The number of rotatable bonds is 4. The van der Waals surface area contributed by atoms with Crippen molar-refractivity contribution < 1.29 is 4.74 Å². The molecule has 1 fully saturated rings. The lowest BCUT2D eigenvalue weighted by Gasteiger charge is -2.02. The fraction of sp³-hybridized carbons (Fsp3) is 0.600. The maximum absolute atomic E-state index is 5.26. The third-order valence-electron chi connectivity index (χ3n) is 2.15. The van der Waals surface area contributed by atoms with Crippen molar-refractivity contribution in [2.24, 2.45) is 11.8 Å². The summed E-state index contributed by atoms with van der Waals surface area (Å²) in [5.74, 6) is 2.46. The maximum Gasteiger partial charge on any atom is 0.0952 e. The number of hydrogen-bond acceptors (Lipinski definition) is 1. The van der Waals surface area contributed by atoms with Crippen molar-refractivity contribution in [1.82, 2.24) is 0 Å². The molecular formula is C10H16O. The molecule has 1 aliphatic carbocycles. The highest BCUT2D eigenvalue weighted by Gasteiger charge is 2.38. The van der Waals surface area contributed by atoms with Gasteiger partial charge in [0.1, 0.15) is 0 Å². The molecule has 1 heteroatoms. The Morgan fingerprint density at radius 2 is 2.45 bits per heavy atom. The van der Waals surface area contributed by atoms with Crippen molar-refractivity contribution in [1.29, 1.82) is 0 Å².